The highest BCUT2D eigenvalue weighted by molar-refractivity contribution is 5.91. The van der Waals surface area contributed by atoms with Crippen LogP contribution in [0.4, 0.5) is 11.4 Å². The van der Waals surface area contributed by atoms with Crippen LogP contribution < -0.4 is 11.1 Å². The van der Waals surface area contributed by atoms with Crippen molar-refractivity contribution in [3.8, 4) is 0 Å². The Balaban J connectivity index is 2.31. The van der Waals surface area contributed by atoms with E-state index in [4.69, 9.17) is 5.73 Å². The molecule has 118 valence electrons. The summed E-state index contributed by atoms with van der Waals surface area (Å²) in [6.45, 7) is 8.47. The second-order valence-corrected chi connectivity index (χ2v) is 6.00. The van der Waals surface area contributed by atoms with Gasteiger partial charge in [-0.05, 0) is 56.6 Å². The van der Waals surface area contributed by atoms with Gasteiger partial charge in [0.25, 0.3) is 0 Å². The van der Waals surface area contributed by atoms with Crippen molar-refractivity contribution in [2.24, 2.45) is 5.92 Å². The van der Waals surface area contributed by atoms with Crippen LogP contribution in [0.5, 0.6) is 0 Å². The molecular formula is C17H29N3O. The molecule has 1 unspecified atom stereocenters. The molecule has 1 rings (SSSR count). The molecule has 4 nitrogen and oxygen atoms in total. The molecule has 1 aromatic carbocycles. The van der Waals surface area contributed by atoms with Gasteiger partial charge >= 0.3 is 0 Å². The minimum atomic E-state index is 0.0693. The lowest BCUT2D eigenvalue weighted by molar-refractivity contribution is -0.116. The molecule has 21 heavy (non-hydrogen) atoms. The second kappa shape index (κ2) is 8.67. The minimum absolute atomic E-state index is 0.0693. The van der Waals surface area contributed by atoms with Gasteiger partial charge in [0.2, 0.25) is 5.91 Å². The summed E-state index contributed by atoms with van der Waals surface area (Å²) >= 11 is 0. The third-order valence-electron chi connectivity index (χ3n) is 3.79. The molecule has 1 atom stereocenters. The largest absolute Gasteiger partial charge is 0.399 e. The van der Waals surface area contributed by atoms with E-state index in [2.05, 4.69) is 31.1 Å². The molecule has 1 amide bonds. The van der Waals surface area contributed by atoms with Gasteiger partial charge in [-0.1, -0.05) is 20.3 Å². The molecule has 0 saturated heterocycles. The number of rotatable bonds is 8. The average molecular weight is 291 g/mol. The molecule has 0 saturated carbocycles. The minimum Gasteiger partial charge on any atom is -0.399 e. The third-order valence-corrected chi connectivity index (χ3v) is 3.79. The maximum Gasteiger partial charge on any atom is 0.224 e. The quantitative estimate of drug-likeness (QED) is 0.723. The number of nitrogen functional groups attached to an aromatic ring is 1. The van der Waals surface area contributed by atoms with Crippen molar-refractivity contribution in [1.29, 1.82) is 0 Å². The van der Waals surface area contributed by atoms with E-state index in [1.54, 1.807) is 0 Å². The Kier molecular flexibility index (Phi) is 7.23. The lowest BCUT2D eigenvalue weighted by atomic mass is 10.1. The molecule has 0 aliphatic carbocycles. The summed E-state index contributed by atoms with van der Waals surface area (Å²) < 4.78 is 0. The Labute approximate surface area is 128 Å². The highest BCUT2D eigenvalue weighted by Crippen LogP contribution is 2.17. The highest BCUT2D eigenvalue weighted by Gasteiger charge is 2.07. The number of carbonyl (C=O) groups excluding carboxylic acids is 1. The van der Waals surface area contributed by atoms with Crippen LogP contribution in [-0.2, 0) is 4.79 Å². The van der Waals surface area contributed by atoms with Crippen LogP contribution in [0.2, 0.25) is 0 Å². The van der Waals surface area contributed by atoms with Crippen molar-refractivity contribution in [2.75, 3.05) is 31.2 Å². The number of hydrogen-bond acceptors (Lipinski definition) is 3. The predicted molar refractivity (Wildman–Crippen MR) is 90.4 cm³/mol. The highest BCUT2D eigenvalue weighted by atomic mass is 16.1. The van der Waals surface area contributed by atoms with Gasteiger partial charge in [-0.15, -0.1) is 0 Å². The molecule has 0 radical (unpaired) electrons. The maximum atomic E-state index is 11.9. The topological polar surface area (TPSA) is 58.4 Å². The summed E-state index contributed by atoms with van der Waals surface area (Å²) in [4.78, 5) is 14.3. The zero-order valence-corrected chi connectivity index (χ0v) is 13.8. The lowest BCUT2D eigenvalue weighted by Gasteiger charge is -2.20. The van der Waals surface area contributed by atoms with E-state index in [1.807, 2.05) is 25.1 Å². The second-order valence-electron chi connectivity index (χ2n) is 6.00. The fraction of sp³-hybridized carbons (Fsp3) is 0.588. The van der Waals surface area contributed by atoms with Crippen molar-refractivity contribution in [1.82, 2.24) is 4.90 Å². The number of aryl methyl sites for hydroxylation is 1. The van der Waals surface area contributed by atoms with Crippen molar-refractivity contribution in [2.45, 2.75) is 40.0 Å². The summed E-state index contributed by atoms with van der Waals surface area (Å²) in [5, 5.41) is 2.95. The van der Waals surface area contributed by atoms with Crippen molar-refractivity contribution < 1.29 is 4.79 Å². The molecule has 0 fully saturated rings. The zero-order valence-electron chi connectivity index (χ0n) is 13.8. The van der Waals surface area contributed by atoms with Crippen LogP contribution in [0, 0.1) is 12.8 Å². The summed E-state index contributed by atoms with van der Waals surface area (Å²) in [5.74, 6) is 0.779. The number of carbonyl (C=O) groups is 1. The van der Waals surface area contributed by atoms with Crippen LogP contribution in [0.25, 0.3) is 0 Å². The number of benzene rings is 1. The Hall–Kier alpha value is -1.55. The van der Waals surface area contributed by atoms with Gasteiger partial charge in [0.05, 0.1) is 0 Å². The number of nitrogens with two attached hydrogens (primary N) is 1. The van der Waals surface area contributed by atoms with Gasteiger partial charge in [0.1, 0.15) is 0 Å². The average Bonchev–Trinajstić information content (AvgIpc) is 2.41. The molecule has 0 aromatic heterocycles. The summed E-state index contributed by atoms with van der Waals surface area (Å²) in [6.07, 6.45) is 2.63. The first-order valence-corrected chi connectivity index (χ1v) is 7.77. The fourth-order valence-electron chi connectivity index (χ4n) is 2.30. The van der Waals surface area contributed by atoms with E-state index >= 15 is 0 Å². The van der Waals surface area contributed by atoms with E-state index in [0.717, 1.165) is 36.4 Å². The molecular weight excluding hydrogens is 262 g/mol. The van der Waals surface area contributed by atoms with E-state index in [0.29, 0.717) is 12.3 Å². The molecule has 0 heterocycles. The smallest absolute Gasteiger partial charge is 0.224 e. The van der Waals surface area contributed by atoms with Gasteiger partial charge in [-0.3, -0.25) is 4.79 Å². The Morgan fingerprint density at radius 2 is 2.14 bits per heavy atom. The summed E-state index contributed by atoms with van der Waals surface area (Å²) in [7, 11) is 2.12. The Morgan fingerprint density at radius 3 is 2.76 bits per heavy atom. The lowest BCUT2D eigenvalue weighted by Crippen LogP contribution is -2.26. The molecule has 1 aromatic rings. The maximum absolute atomic E-state index is 11.9. The van der Waals surface area contributed by atoms with Gasteiger partial charge < -0.3 is 16.0 Å². The molecule has 0 spiro atoms. The number of anilines is 2. The van der Waals surface area contributed by atoms with Gasteiger partial charge in [0.15, 0.2) is 0 Å². The SMILES string of the molecule is CCC(C)CN(C)CCCC(=O)Nc1ccc(N)cc1C. The Bertz CT molecular complexity index is 459. The monoisotopic (exact) mass is 291 g/mol. The molecule has 4 heteroatoms. The van der Waals surface area contributed by atoms with Crippen LogP contribution in [0.15, 0.2) is 18.2 Å². The summed E-state index contributed by atoms with van der Waals surface area (Å²) in [6, 6.07) is 5.54. The van der Waals surface area contributed by atoms with Crippen molar-refractivity contribution in [3.05, 3.63) is 23.8 Å². The zero-order chi connectivity index (χ0) is 15.8. The fourth-order valence-corrected chi connectivity index (χ4v) is 2.30. The predicted octanol–water partition coefficient (Wildman–Crippen LogP) is 3.27. The van der Waals surface area contributed by atoms with E-state index in [9.17, 15) is 4.79 Å². The van der Waals surface area contributed by atoms with E-state index in [1.165, 1.54) is 6.42 Å². The summed E-state index contributed by atoms with van der Waals surface area (Å²) in [5.41, 5.74) is 8.27. The van der Waals surface area contributed by atoms with Gasteiger partial charge in [-0.2, -0.15) is 0 Å². The standard InChI is InChI=1S/C17H29N3O/c1-5-13(2)12-20(4)10-6-7-17(21)19-16-9-8-15(18)11-14(16)3/h8-9,11,13H,5-7,10,12,18H2,1-4H3,(H,19,21). The van der Waals surface area contributed by atoms with Gasteiger partial charge in [-0.25, -0.2) is 0 Å². The number of hydrogen-bond donors (Lipinski definition) is 2. The van der Waals surface area contributed by atoms with Gasteiger partial charge in [0, 0.05) is 24.3 Å². The van der Waals surface area contributed by atoms with Crippen LogP contribution >= 0.6 is 0 Å². The van der Waals surface area contributed by atoms with E-state index < -0.39 is 0 Å². The first kappa shape index (κ1) is 17.5. The van der Waals surface area contributed by atoms with Crippen molar-refractivity contribution in [3.63, 3.8) is 0 Å². The number of nitrogens with zero attached hydrogens (tertiary/aromatic N) is 1. The van der Waals surface area contributed by atoms with Crippen LogP contribution in [0.3, 0.4) is 0 Å². The first-order valence-electron chi connectivity index (χ1n) is 7.77. The van der Waals surface area contributed by atoms with Crippen LogP contribution in [0.1, 0.15) is 38.7 Å². The normalized spacial score (nSPS) is 12.4. The number of amides is 1. The third kappa shape index (κ3) is 6.63. The first-order chi connectivity index (χ1) is 9.92. The van der Waals surface area contributed by atoms with Crippen LogP contribution in [-0.4, -0.2) is 30.9 Å². The van der Waals surface area contributed by atoms with E-state index in [-0.39, 0.29) is 5.91 Å². The number of nitrogens with one attached hydrogen (secondary N) is 1. The molecule has 0 aliphatic heterocycles. The van der Waals surface area contributed by atoms with Crippen molar-refractivity contribution >= 4 is 17.3 Å². The molecule has 0 bridgehead atoms. The Morgan fingerprint density at radius 1 is 1.43 bits per heavy atom. The molecule has 0 aliphatic rings. The molecule has 3 N–H and O–H groups in total.